The fourth-order valence-corrected chi connectivity index (χ4v) is 1.74. The number of hydrogen-bond donors (Lipinski definition) is 0. The average Bonchev–Trinajstić information content (AvgIpc) is 2.03. The molecule has 0 saturated heterocycles. The van der Waals surface area contributed by atoms with Gasteiger partial charge in [-0.3, -0.25) is 4.79 Å². The van der Waals surface area contributed by atoms with Crippen molar-refractivity contribution < 1.29 is 4.79 Å². The highest BCUT2D eigenvalue weighted by Crippen LogP contribution is 2.26. The van der Waals surface area contributed by atoms with Crippen LogP contribution in [0.3, 0.4) is 0 Å². The first-order valence-corrected chi connectivity index (χ1v) is 4.84. The van der Waals surface area contributed by atoms with Crippen LogP contribution in [-0.2, 0) is 4.79 Å². The van der Waals surface area contributed by atoms with Crippen LogP contribution < -0.4 is 0 Å². The molecule has 0 aromatic carbocycles. The van der Waals surface area contributed by atoms with Gasteiger partial charge in [0.05, 0.1) is 0 Å². The predicted octanol–water partition coefficient (Wildman–Crippen LogP) is 3.10. The molecule has 12 heavy (non-hydrogen) atoms. The van der Waals surface area contributed by atoms with Crippen LogP contribution in [0.4, 0.5) is 0 Å². The van der Waals surface area contributed by atoms with Crippen LogP contribution in [0.1, 0.15) is 45.4 Å². The normalized spacial score (nSPS) is 19.6. The average molecular weight is 166 g/mol. The summed E-state index contributed by atoms with van der Waals surface area (Å²) >= 11 is 0. The van der Waals surface area contributed by atoms with Gasteiger partial charge in [-0.2, -0.15) is 0 Å². The summed E-state index contributed by atoms with van der Waals surface area (Å²) in [4.78, 5) is 10.9. The van der Waals surface area contributed by atoms with Crippen molar-refractivity contribution in [1.29, 1.82) is 0 Å². The van der Waals surface area contributed by atoms with Gasteiger partial charge in [0.25, 0.3) is 0 Å². The van der Waals surface area contributed by atoms with Crippen LogP contribution in [-0.4, -0.2) is 5.78 Å². The summed E-state index contributed by atoms with van der Waals surface area (Å²) in [6.45, 7) is 5.96. The number of allylic oxidation sites excluding steroid dienone is 1. The maximum atomic E-state index is 10.9. The molecule has 0 amide bonds. The van der Waals surface area contributed by atoms with Crippen molar-refractivity contribution in [2.24, 2.45) is 5.92 Å². The fourth-order valence-electron chi connectivity index (χ4n) is 1.74. The van der Waals surface area contributed by atoms with Crippen LogP contribution in [0.15, 0.2) is 12.2 Å². The molecule has 0 heterocycles. The van der Waals surface area contributed by atoms with E-state index in [0.29, 0.717) is 5.78 Å². The van der Waals surface area contributed by atoms with Gasteiger partial charge in [-0.25, -0.2) is 0 Å². The highest BCUT2D eigenvalue weighted by atomic mass is 16.1. The van der Waals surface area contributed by atoms with Crippen LogP contribution in [0.2, 0.25) is 0 Å². The SMILES string of the molecule is C=C(C)CCC1CCC(=O)CC1. The molecule has 0 radical (unpaired) electrons. The Labute approximate surface area is 74.9 Å². The van der Waals surface area contributed by atoms with Crippen molar-refractivity contribution >= 4 is 5.78 Å². The molecule has 0 bridgehead atoms. The van der Waals surface area contributed by atoms with E-state index in [1.165, 1.54) is 12.0 Å². The Bertz CT molecular complexity index is 171. The standard InChI is InChI=1S/C11H18O/c1-9(2)3-4-10-5-7-11(12)8-6-10/h10H,1,3-8H2,2H3. The van der Waals surface area contributed by atoms with Crippen molar-refractivity contribution in [3.8, 4) is 0 Å². The molecule has 1 saturated carbocycles. The first-order chi connectivity index (χ1) is 5.68. The third-order valence-electron chi connectivity index (χ3n) is 2.64. The zero-order valence-electron chi connectivity index (χ0n) is 7.94. The van der Waals surface area contributed by atoms with Gasteiger partial charge >= 0.3 is 0 Å². The van der Waals surface area contributed by atoms with E-state index < -0.39 is 0 Å². The molecule has 0 aromatic heterocycles. The number of carbonyl (C=O) groups excluding carboxylic acids is 1. The lowest BCUT2D eigenvalue weighted by Gasteiger charge is -2.20. The molecule has 1 nitrogen and oxygen atoms in total. The first kappa shape index (κ1) is 9.50. The second kappa shape index (κ2) is 4.44. The van der Waals surface area contributed by atoms with Crippen molar-refractivity contribution in [2.45, 2.75) is 45.4 Å². The summed E-state index contributed by atoms with van der Waals surface area (Å²) in [5.74, 6) is 1.25. The minimum absolute atomic E-state index is 0.460. The largest absolute Gasteiger partial charge is 0.300 e. The lowest BCUT2D eigenvalue weighted by Crippen LogP contribution is -2.13. The van der Waals surface area contributed by atoms with E-state index >= 15 is 0 Å². The van der Waals surface area contributed by atoms with E-state index in [2.05, 4.69) is 13.5 Å². The third kappa shape index (κ3) is 3.21. The van der Waals surface area contributed by atoms with E-state index in [9.17, 15) is 4.79 Å². The smallest absolute Gasteiger partial charge is 0.132 e. The molecule has 1 aliphatic carbocycles. The Morgan fingerprint density at radius 1 is 1.50 bits per heavy atom. The van der Waals surface area contributed by atoms with Gasteiger partial charge in [0.1, 0.15) is 5.78 Å². The fraction of sp³-hybridized carbons (Fsp3) is 0.727. The molecule has 1 aliphatic rings. The zero-order valence-corrected chi connectivity index (χ0v) is 7.94. The van der Waals surface area contributed by atoms with Gasteiger partial charge < -0.3 is 0 Å². The summed E-state index contributed by atoms with van der Waals surface area (Å²) in [6, 6.07) is 0. The molecule has 0 atom stereocenters. The van der Waals surface area contributed by atoms with Gasteiger partial charge in [-0.15, -0.1) is 6.58 Å². The maximum Gasteiger partial charge on any atom is 0.132 e. The van der Waals surface area contributed by atoms with Gasteiger partial charge in [0.2, 0.25) is 0 Å². The number of carbonyl (C=O) groups is 1. The van der Waals surface area contributed by atoms with Crippen molar-refractivity contribution in [1.82, 2.24) is 0 Å². The summed E-state index contributed by atoms with van der Waals surface area (Å²) in [6.07, 6.45) is 6.25. The number of rotatable bonds is 3. The Hall–Kier alpha value is -0.590. The van der Waals surface area contributed by atoms with Gasteiger partial charge in [-0.1, -0.05) is 5.57 Å². The van der Waals surface area contributed by atoms with Crippen molar-refractivity contribution in [3.63, 3.8) is 0 Å². The van der Waals surface area contributed by atoms with Crippen molar-refractivity contribution in [3.05, 3.63) is 12.2 Å². The second-order valence-corrected chi connectivity index (χ2v) is 3.98. The van der Waals surface area contributed by atoms with E-state index in [-0.39, 0.29) is 0 Å². The molecule has 1 rings (SSSR count). The predicted molar refractivity (Wildman–Crippen MR) is 51.0 cm³/mol. The Kier molecular flexibility index (Phi) is 3.51. The molecule has 0 N–H and O–H groups in total. The summed E-state index contributed by atoms with van der Waals surface area (Å²) in [5, 5.41) is 0. The first-order valence-electron chi connectivity index (χ1n) is 4.84. The molecule has 68 valence electrons. The monoisotopic (exact) mass is 166 g/mol. The molecular formula is C11H18O. The quantitative estimate of drug-likeness (QED) is 0.589. The van der Waals surface area contributed by atoms with Crippen molar-refractivity contribution in [2.75, 3.05) is 0 Å². The van der Waals surface area contributed by atoms with Crippen LogP contribution in [0.25, 0.3) is 0 Å². The highest BCUT2D eigenvalue weighted by Gasteiger charge is 2.17. The van der Waals surface area contributed by atoms with Gasteiger partial charge in [-0.05, 0) is 38.5 Å². The molecule has 1 fully saturated rings. The third-order valence-corrected chi connectivity index (χ3v) is 2.64. The van der Waals surface area contributed by atoms with E-state index in [0.717, 1.165) is 38.0 Å². The molecule has 0 unspecified atom stereocenters. The summed E-state index contributed by atoms with van der Waals surface area (Å²) in [5.41, 5.74) is 1.27. The number of hydrogen-bond acceptors (Lipinski definition) is 1. The Balaban J connectivity index is 2.17. The topological polar surface area (TPSA) is 17.1 Å². The highest BCUT2D eigenvalue weighted by molar-refractivity contribution is 5.78. The van der Waals surface area contributed by atoms with Crippen LogP contribution in [0.5, 0.6) is 0 Å². The minimum Gasteiger partial charge on any atom is -0.300 e. The molecule has 0 aromatic rings. The molecule has 0 aliphatic heterocycles. The van der Waals surface area contributed by atoms with Crippen LogP contribution >= 0.6 is 0 Å². The lowest BCUT2D eigenvalue weighted by molar-refractivity contribution is -0.121. The maximum absolute atomic E-state index is 10.9. The van der Waals surface area contributed by atoms with Gasteiger partial charge in [0.15, 0.2) is 0 Å². The minimum atomic E-state index is 0.460. The number of Topliss-reactive ketones (excluding diaryl/α,β-unsaturated/α-hetero) is 1. The second-order valence-electron chi connectivity index (χ2n) is 3.98. The lowest BCUT2D eigenvalue weighted by atomic mass is 9.85. The number of ketones is 1. The zero-order chi connectivity index (χ0) is 8.97. The van der Waals surface area contributed by atoms with E-state index in [1.54, 1.807) is 0 Å². The van der Waals surface area contributed by atoms with E-state index in [4.69, 9.17) is 0 Å². The van der Waals surface area contributed by atoms with E-state index in [1.807, 2.05) is 0 Å². The summed E-state index contributed by atoms with van der Waals surface area (Å²) < 4.78 is 0. The summed E-state index contributed by atoms with van der Waals surface area (Å²) in [7, 11) is 0. The van der Waals surface area contributed by atoms with Crippen LogP contribution in [0, 0.1) is 5.92 Å². The van der Waals surface area contributed by atoms with Gasteiger partial charge in [0, 0.05) is 12.8 Å². The molecule has 1 heteroatoms. The Morgan fingerprint density at radius 3 is 2.58 bits per heavy atom. The molecular weight excluding hydrogens is 148 g/mol. The Morgan fingerprint density at radius 2 is 2.08 bits per heavy atom. The molecule has 0 spiro atoms.